The molecule has 6 nitrogen and oxygen atoms in total. The first kappa shape index (κ1) is 18.0. The summed E-state index contributed by atoms with van der Waals surface area (Å²) in [5.74, 6) is -0.254. The van der Waals surface area contributed by atoms with Crippen LogP contribution in [0.4, 0.5) is 16.4 Å². The number of benzene rings is 1. The van der Waals surface area contributed by atoms with E-state index in [4.69, 9.17) is 4.74 Å². The van der Waals surface area contributed by atoms with Crippen LogP contribution in [0.2, 0.25) is 0 Å². The Hall–Kier alpha value is -2.77. The lowest BCUT2D eigenvalue weighted by Gasteiger charge is -2.09. The summed E-state index contributed by atoms with van der Waals surface area (Å²) in [6.45, 7) is 4.29. The molecule has 7 heteroatoms. The van der Waals surface area contributed by atoms with Gasteiger partial charge in [-0.05, 0) is 43.7 Å². The zero-order chi connectivity index (χ0) is 18.5. The Morgan fingerprint density at radius 3 is 2.81 bits per heavy atom. The maximum Gasteiger partial charge on any atom is 0.277 e. The van der Waals surface area contributed by atoms with Crippen molar-refractivity contribution in [2.75, 3.05) is 17.7 Å². The number of pyridine rings is 1. The van der Waals surface area contributed by atoms with Gasteiger partial charge >= 0.3 is 0 Å². The van der Waals surface area contributed by atoms with E-state index in [9.17, 15) is 4.79 Å². The molecule has 0 saturated carbocycles. The van der Waals surface area contributed by atoms with Crippen molar-refractivity contribution >= 4 is 33.6 Å². The quantitative estimate of drug-likeness (QED) is 0.678. The summed E-state index contributed by atoms with van der Waals surface area (Å²) in [5.41, 5.74) is 3.85. The van der Waals surface area contributed by atoms with Crippen LogP contribution >= 0.6 is 11.3 Å². The molecule has 0 unspecified atom stereocenters. The Morgan fingerprint density at radius 2 is 2.04 bits per heavy atom. The lowest BCUT2D eigenvalue weighted by atomic mass is 10.2. The monoisotopic (exact) mass is 368 g/mol. The second kappa shape index (κ2) is 8.07. The normalized spacial score (nSPS) is 10.6. The molecule has 0 atom stereocenters. The number of rotatable bonds is 6. The molecular formula is C19H20N4O2S. The third-order valence-electron chi connectivity index (χ3n) is 3.60. The van der Waals surface area contributed by atoms with Gasteiger partial charge in [-0.25, -0.2) is 4.98 Å². The molecule has 0 spiro atoms. The van der Waals surface area contributed by atoms with Crippen molar-refractivity contribution in [3.8, 4) is 0 Å². The van der Waals surface area contributed by atoms with Crippen LogP contribution in [0.3, 0.4) is 0 Å². The lowest BCUT2D eigenvalue weighted by molar-refractivity contribution is 0.102. The maximum atomic E-state index is 12.7. The number of aromatic nitrogens is 2. The highest BCUT2D eigenvalue weighted by Crippen LogP contribution is 2.29. The van der Waals surface area contributed by atoms with Gasteiger partial charge in [-0.1, -0.05) is 12.1 Å². The van der Waals surface area contributed by atoms with Crippen LogP contribution in [-0.4, -0.2) is 23.0 Å². The number of hydrogen-bond donors (Lipinski definition) is 2. The van der Waals surface area contributed by atoms with Crippen LogP contribution < -0.4 is 10.6 Å². The minimum atomic E-state index is -0.254. The summed E-state index contributed by atoms with van der Waals surface area (Å²) in [6, 6.07) is 11.5. The first-order valence-electron chi connectivity index (χ1n) is 8.11. The maximum absolute atomic E-state index is 12.7. The molecule has 2 heterocycles. The zero-order valence-corrected chi connectivity index (χ0v) is 15.7. The van der Waals surface area contributed by atoms with E-state index in [1.165, 1.54) is 11.3 Å². The Labute approximate surface area is 156 Å². The molecule has 3 rings (SSSR count). The summed E-state index contributed by atoms with van der Waals surface area (Å²) in [6.07, 6.45) is 1.66. The molecule has 2 aromatic heterocycles. The predicted molar refractivity (Wildman–Crippen MR) is 104 cm³/mol. The van der Waals surface area contributed by atoms with Crippen molar-refractivity contribution in [2.24, 2.45) is 0 Å². The van der Waals surface area contributed by atoms with Crippen molar-refractivity contribution in [3.05, 3.63) is 64.6 Å². The summed E-state index contributed by atoms with van der Waals surface area (Å²) in [4.78, 5) is 21.2. The third-order valence-corrected chi connectivity index (χ3v) is 4.49. The molecule has 1 aromatic carbocycles. The number of methoxy groups -OCH3 is 1. The Bertz CT molecular complexity index is 923. The van der Waals surface area contributed by atoms with Crippen molar-refractivity contribution in [2.45, 2.75) is 20.5 Å². The second-order valence-corrected chi connectivity index (χ2v) is 7.01. The number of nitrogens with zero attached hydrogens (tertiary/aromatic N) is 2. The van der Waals surface area contributed by atoms with Gasteiger partial charge in [0.05, 0.1) is 11.6 Å². The standard InChI is InChI=1S/C19H20N4O2S/c1-12-9-16(7-8-20-12)22-18(24)17-19(26-13(2)21-17)23-15-6-4-5-14(10-15)11-25-3/h4-10,23H,11H2,1-3H3,(H,20,22,24). The highest BCUT2D eigenvalue weighted by Gasteiger charge is 2.17. The molecule has 0 bridgehead atoms. The number of nitrogens with one attached hydrogen (secondary N) is 2. The van der Waals surface area contributed by atoms with E-state index in [1.54, 1.807) is 19.4 Å². The number of carbonyl (C=O) groups is 1. The van der Waals surface area contributed by atoms with E-state index in [-0.39, 0.29) is 5.91 Å². The average molecular weight is 368 g/mol. The van der Waals surface area contributed by atoms with Crippen LogP contribution in [0.25, 0.3) is 0 Å². The number of carbonyl (C=O) groups excluding carboxylic acids is 1. The molecule has 0 radical (unpaired) electrons. The number of hydrogen-bond acceptors (Lipinski definition) is 6. The third kappa shape index (κ3) is 4.44. The number of ether oxygens (including phenoxy) is 1. The zero-order valence-electron chi connectivity index (χ0n) is 14.9. The van der Waals surface area contributed by atoms with Gasteiger partial charge < -0.3 is 15.4 Å². The van der Waals surface area contributed by atoms with E-state index in [0.29, 0.717) is 23.0 Å². The molecule has 26 heavy (non-hydrogen) atoms. The minimum Gasteiger partial charge on any atom is -0.380 e. The van der Waals surface area contributed by atoms with E-state index in [0.717, 1.165) is 22.0 Å². The fraction of sp³-hybridized carbons (Fsp3) is 0.211. The van der Waals surface area contributed by atoms with E-state index in [2.05, 4.69) is 20.6 Å². The van der Waals surface area contributed by atoms with Gasteiger partial charge in [-0.3, -0.25) is 9.78 Å². The summed E-state index contributed by atoms with van der Waals surface area (Å²) < 4.78 is 5.17. The SMILES string of the molecule is COCc1cccc(Nc2sc(C)nc2C(=O)Nc2ccnc(C)c2)c1. The largest absolute Gasteiger partial charge is 0.380 e. The second-order valence-electron chi connectivity index (χ2n) is 5.81. The van der Waals surface area contributed by atoms with Crippen LogP contribution in [0, 0.1) is 13.8 Å². The van der Waals surface area contributed by atoms with Crippen LogP contribution in [-0.2, 0) is 11.3 Å². The van der Waals surface area contributed by atoms with Gasteiger partial charge in [0, 0.05) is 30.4 Å². The van der Waals surface area contributed by atoms with Gasteiger partial charge in [0.1, 0.15) is 5.00 Å². The Kier molecular flexibility index (Phi) is 5.60. The van der Waals surface area contributed by atoms with Gasteiger partial charge in [0.2, 0.25) is 0 Å². The topological polar surface area (TPSA) is 76.1 Å². The van der Waals surface area contributed by atoms with E-state index in [1.807, 2.05) is 44.2 Å². The molecule has 0 aliphatic rings. The summed E-state index contributed by atoms with van der Waals surface area (Å²) in [5, 5.41) is 7.70. The van der Waals surface area contributed by atoms with Crippen molar-refractivity contribution in [1.82, 2.24) is 9.97 Å². The molecule has 0 saturated heterocycles. The highest BCUT2D eigenvalue weighted by atomic mass is 32.1. The highest BCUT2D eigenvalue weighted by molar-refractivity contribution is 7.16. The molecular weight excluding hydrogens is 348 g/mol. The molecule has 3 aromatic rings. The van der Waals surface area contributed by atoms with Crippen molar-refractivity contribution in [3.63, 3.8) is 0 Å². The fourth-order valence-electron chi connectivity index (χ4n) is 2.52. The van der Waals surface area contributed by atoms with Crippen LogP contribution in [0.5, 0.6) is 0 Å². The summed E-state index contributed by atoms with van der Waals surface area (Å²) in [7, 11) is 1.66. The first-order valence-corrected chi connectivity index (χ1v) is 8.93. The van der Waals surface area contributed by atoms with Crippen LogP contribution in [0.15, 0.2) is 42.6 Å². The lowest BCUT2D eigenvalue weighted by Crippen LogP contribution is -2.14. The van der Waals surface area contributed by atoms with E-state index < -0.39 is 0 Å². The molecule has 2 N–H and O–H groups in total. The first-order chi connectivity index (χ1) is 12.5. The predicted octanol–water partition coefficient (Wildman–Crippen LogP) is 4.30. The molecule has 0 fully saturated rings. The van der Waals surface area contributed by atoms with Crippen LogP contribution in [0.1, 0.15) is 26.8 Å². The van der Waals surface area contributed by atoms with Gasteiger partial charge in [0.15, 0.2) is 5.69 Å². The molecule has 0 aliphatic heterocycles. The number of anilines is 3. The van der Waals surface area contributed by atoms with Gasteiger partial charge in [-0.15, -0.1) is 11.3 Å². The summed E-state index contributed by atoms with van der Waals surface area (Å²) >= 11 is 1.44. The smallest absolute Gasteiger partial charge is 0.277 e. The minimum absolute atomic E-state index is 0.254. The van der Waals surface area contributed by atoms with Crippen molar-refractivity contribution in [1.29, 1.82) is 0 Å². The van der Waals surface area contributed by atoms with Gasteiger partial charge in [-0.2, -0.15) is 0 Å². The fourth-order valence-corrected chi connectivity index (χ4v) is 3.35. The van der Waals surface area contributed by atoms with Gasteiger partial charge in [0.25, 0.3) is 5.91 Å². The number of amides is 1. The Morgan fingerprint density at radius 1 is 1.19 bits per heavy atom. The molecule has 0 aliphatic carbocycles. The molecule has 1 amide bonds. The average Bonchev–Trinajstić information content (AvgIpc) is 2.96. The van der Waals surface area contributed by atoms with Crippen molar-refractivity contribution < 1.29 is 9.53 Å². The number of aryl methyl sites for hydroxylation is 2. The number of thiazole rings is 1. The molecule has 134 valence electrons. The Balaban J connectivity index is 1.81. The van der Waals surface area contributed by atoms with E-state index >= 15 is 0 Å².